The van der Waals surface area contributed by atoms with E-state index in [2.05, 4.69) is 52.0 Å². The highest BCUT2D eigenvalue weighted by molar-refractivity contribution is 9.08. The van der Waals surface area contributed by atoms with Crippen LogP contribution in [0.4, 0.5) is 5.69 Å². The van der Waals surface area contributed by atoms with Crippen molar-refractivity contribution in [3.05, 3.63) is 28.8 Å². The van der Waals surface area contributed by atoms with E-state index in [0.717, 1.165) is 23.4 Å². The van der Waals surface area contributed by atoms with Crippen molar-refractivity contribution in [2.45, 2.75) is 24.2 Å². The molecule has 1 aromatic rings. The first-order valence-electron chi connectivity index (χ1n) is 6.37. The van der Waals surface area contributed by atoms with E-state index >= 15 is 0 Å². The quantitative estimate of drug-likeness (QED) is 0.778. The minimum Gasteiger partial charge on any atom is -0.370 e. The number of anilines is 1. The van der Waals surface area contributed by atoms with Gasteiger partial charge in [-0.1, -0.05) is 27.5 Å². The van der Waals surface area contributed by atoms with E-state index in [4.69, 9.17) is 11.6 Å². The zero-order chi connectivity index (χ0) is 13.1. The lowest BCUT2D eigenvalue weighted by molar-refractivity contribution is 0.258. The summed E-state index contributed by atoms with van der Waals surface area (Å²) in [4.78, 5) is 4.82. The molecule has 1 aromatic carbocycles. The van der Waals surface area contributed by atoms with Gasteiger partial charge in [0.15, 0.2) is 0 Å². The van der Waals surface area contributed by atoms with Gasteiger partial charge in [-0.25, -0.2) is 0 Å². The van der Waals surface area contributed by atoms with Crippen LogP contribution in [0, 0.1) is 0 Å². The Kier molecular flexibility index (Phi) is 4.93. The van der Waals surface area contributed by atoms with Crippen molar-refractivity contribution in [1.82, 2.24) is 4.90 Å². The summed E-state index contributed by atoms with van der Waals surface area (Å²) >= 11 is 9.62. The molecule has 0 aliphatic carbocycles. The Morgan fingerprint density at radius 1 is 1.44 bits per heavy atom. The molecule has 0 N–H and O–H groups in total. The fourth-order valence-corrected chi connectivity index (χ4v) is 3.21. The minimum atomic E-state index is 0.651. The van der Waals surface area contributed by atoms with Gasteiger partial charge in [-0.3, -0.25) is 0 Å². The van der Waals surface area contributed by atoms with Crippen LogP contribution >= 0.6 is 27.5 Å². The number of hydrogen-bond donors (Lipinski definition) is 0. The second-order valence-electron chi connectivity index (χ2n) is 5.11. The van der Waals surface area contributed by atoms with Crippen LogP contribution in [0.3, 0.4) is 0 Å². The van der Waals surface area contributed by atoms with Crippen molar-refractivity contribution in [2.75, 3.05) is 32.1 Å². The Bertz CT molecular complexity index is 409. The van der Waals surface area contributed by atoms with Gasteiger partial charge in [-0.05, 0) is 50.7 Å². The Balaban J connectivity index is 2.20. The van der Waals surface area contributed by atoms with Gasteiger partial charge < -0.3 is 9.80 Å². The number of halogens is 2. The molecule has 1 aliphatic heterocycles. The topological polar surface area (TPSA) is 6.48 Å². The molecule has 1 fully saturated rings. The van der Waals surface area contributed by atoms with Gasteiger partial charge in [0.05, 0.1) is 0 Å². The van der Waals surface area contributed by atoms with Crippen molar-refractivity contribution in [2.24, 2.45) is 0 Å². The molecular weight excluding hydrogens is 312 g/mol. The number of piperidine rings is 1. The Hall–Kier alpha value is -0.250. The third kappa shape index (κ3) is 3.19. The van der Waals surface area contributed by atoms with E-state index in [1.807, 2.05) is 6.07 Å². The SMILES string of the molecule is CN(C)C1CCCN(c2ccc(Cl)cc2CBr)C1. The highest BCUT2D eigenvalue weighted by Crippen LogP contribution is 2.29. The maximum absolute atomic E-state index is 6.07. The lowest BCUT2D eigenvalue weighted by atomic mass is 10.0. The molecule has 0 saturated carbocycles. The first kappa shape index (κ1) is 14.2. The van der Waals surface area contributed by atoms with Gasteiger partial charge in [0.2, 0.25) is 0 Å². The van der Waals surface area contributed by atoms with Crippen LogP contribution in [0.25, 0.3) is 0 Å². The standard InChI is InChI=1S/C14H20BrClN2/c1-17(2)13-4-3-7-18(10-13)14-6-5-12(16)8-11(14)9-15/h5-6,8,13H,3-4,7,9-10H2,1-2H3. The summed E-state index contributed by atoms with van der Waals surface area (Å²) in [6.45, 7) is 2.25. The third-order valence-corrected chi connectivity index (χ3v) is 4.49. The molecule has 0 aromatic heterocycles. The van der Waals surface area contributed by atoms with Gasteiger partial charge in [0.1, 0.15) is 0 Å². The number of rotatable bonds is 3. The van der Waals surface area contributed by atoms with Crippen molar-refractivity contribution in [3.8, 4) is 0 Å². The first-order chi connectivity index (χ1) is 8.61. The summed E-state index contributed by atoms with van der Waals surface area (Å²) in [5.41, 5.74) is 2.60. The molecule has 1 heterocycles. The zero-order valence-electron chi connectivity index (χ0n) is 11.0. The Morgan fingerprint density at radius 3 is 2.89 bits per heavy atom. The number of benzene rings is 1. The molecule has 1 saturated heterocycles. The molecule has 4 heteroatoms. The van der Waals surface area contributed by atoms with E-state index in [-0.39, 0.29) is 0 Å². The minimum absolute atomic E-state index is 0.651. The van der Waals surface area contributed by atoms with Crippen molar-refractivity contribution in [1.29, 1.82) is 0 Å². The van der Waals surface area contributed by atoms with Crippen molar-refractivity contribution in [3.63, 3.8) is 0 Å². The Labute approximate surface area is 123 Å². The van der Waals surface area contributed by atoms with Crippen LogP contribution in [0.15, 0.2) is 18.2 Å². The van der Waals surface area contributed by atoms with E-state index in [1.165, 1.54) is 24.1 Å². The highest BCUT2D eigenvalue weighted by Gasteiger charge is 2.22. The second-order valence-corrected chi connectivity index (χ2v) is 6.11. The second kappa shape index (κ2) is 6.27. The summed E-state index contributed by atoms with van der Waals surface area (Å²) in [6, 6.07) is 6.85. The Morgan fingerprint density at radius 2 is 2.22 bits per heavy atom. The van der Waals surface area contributed by atoms with Crippen LogP contribution in [-0.4, -0.2) is 38.1 Å². The summed E-state index contributed by atoms with van der Waals surface area (Å²) in [7, 11) is 4.34. The number of likely N-dealkylation sites (N-methyl/N-ethyl adjacent to an activating group) is 1. The van der Waals surface area contributed by atoms with Crippen molar-refractivity contribution < 1.29 is 0 Å². The molecule has 1 atom stereocenters. The molecule has 0 amide bonds. The van der Waals surface area contributed by atoms with Crippen LogP contribution in [0.1, 0.15) is 18.4 Å². The largest absolute Gasteiger partial charge is 0.370 e. The molecule has 0 bridgehead atoms. The smallest absolute Gasteiger partial charge is 0.0410 e. The van der Waals surface area contributed by atoms with E-state index in [9.17, 15) is 0 Å². The van der Waals surface area contributed by atoms with Crippen LogP contribution in [0.5, 0.6) is 0 Å². The number of alkyl halides is 1. The monoisotopic (exact) mass is 330 g/mol. The van der Waals surface area contributed by atoms with Gasteiger partial charge in [-0.15, -0.1) is 0 Å². The average Bonchev–Trinajstić information content (AvgIpc) is 2.38. The summed E-state index contributed by atoms with van der Waals surface area (Å²) in [6.07, 6.45) is 2.55. The fraction of sp³-hybridized carbons (Fsp3) is 0.571. The molecule has 18 heavy (non-hydrogen) atoms. The number of nitrogens with zero attached hydrogens (tertiary/aromatic N) is 2. The lowest BCUT2D eigenvalue weighted by Gasteiger charge is -2.38. The van der Waals surface area contributed by atoms with Crippen LogP contribution < -0.4 is 4.90 Å². The fourth-order valence-electron chi connectivity index (χ4n) is 2.56. The normalized spacial score (nSPS) is 20.5. The van der Waals surface area contributed by atoms with Gasteiger partial charge in [-0.2, -0.15) is 0 Å². The predicted octanol–water partition coefficient (Wildman–Crippen LogP) is 3.77. The molecule has 1 unspecified atom stereocenters. The van der Waals surface area contributed by atoms with Crippen LogP contribution in [-0.2, 0) is 5.33 Å². The van der Waals surface area contributed by atoms with Crippen LogP contribution in [0.2, 0.25) is 5.02 Å². The van der Waals surface area contributed by atoms with E-state index in [0.29, 0.717) is 6.04 Å². The third-order valence-electron chi connectivity index (χ3n) is 3.65. The van der Waals surface area contributed by atoms with E-state index < -0.39 is 0 Å². The molecular formula is C14H20BrClN2. The first-order valence-corrected chi connectivity index (χ1v) is 7.87. The van der Waals surface area contributed by atoms with Crippen molar-refractivity contribution >= 4 is 33.2 Å². The van der Waals surface area contributed by atoms with Gasteiger partial charge >= 0.3 is 0 Å². The molecule has 2 rings (SSSR count). The molecule has 1 aliphatic rings. The zero-order valence-corrected chi connectivity index (χ0v) is 13.3. The summed E-state index contributed by atoms with van der Waals surface area (Å²) < 4.78 is 0. The lowest BCUT2D eigenvalue weighted by Crippen LogP contribution is -2.45. The molecule has 0 spiro atoms. The van der Waals surface area contributed by atoms with Gasteiger partial charge in [0, 0.05) is 35.2 Å². The predicted molar refractivity (Wildman–Crippen MR) is 83.0 cm³/mol. The summed E-state index contributed by atoms with van der Waals surface area (Å²) in [5, 5.41) is 1.67. The highest BCUT2D eigenvalue weighted by atomic mass is 79.9. The van der Waals surface area contributed by atoms with E-state index in [1.54, 1.807) is 0 Å². The summed E-state index contributed by atoms with van der Waals surface area (Å²) in [5.74, 6) is 0. The molecule has 2 nitrogen and oxygen atoms in total. The average molecular weight is 332 g/mol. The molecule has 100 valence electrons. The number of hydrogen-bond acceptors (Lipinski definition) is 2. The van der Waals surface area contributed by atoms with Gasteiger partial charge in [0.25, 0.3) is 0 Å². The molecule has 0 radical (unpaired) electrons. The maximum atomic E-state index is 6.07. The maximum Gasteiger partial charge on any atom is 0.0410 e.